The molecule has 1 amide bonds. The molecule has 0 aliphatic rings. The van der Waals surface area contributed by atoms with Crippen LogP contribution < -0.4 is 10.1 Å². The molecule has 3 aromatic carbocycles. The lowest BCUT2D eigenvalue weighted by Gasteiger charge is -2.12. The summed E-state index contributed by atoms with van der Waals surface area (Å²) in [6.45, 7) is 8.29. The largest absolute Gasteiger partial charge is 0.493 e. The molecule has 176 valence electrons. The summed E-state index contributed by atoms with van der Waals surface area (Å²) in [6, 6.07) is 22.2. The molecule has 0 aliphatic carbocycles. The average molecular weight is 456 g/mol. The number of nitrogens with zero attached hydrogens (tertiary/aromatic N) is 2. The number of imidazole rings is 1. The van der Waals surface area contributed by atoms with Crippen LogP contribution in [0.5, 0.6) is 5.75 Å². The van der Waals surface area contributed by atoms with Gasteiger partial charge in [0.2, 0.25) is 0 Å². The van der Waals surface area contributed by atoms with E-state index in [-0.39, 0.29) is 5.91 Å². The van der Waals surface area contributed by atoms with E-state index in [1.807, 2.05) is 37.3 Å². The lowest BCUT2D eigenvalue weighted by atomic mass is 10.1. The number of aryl methyl sites for hydroxylation is 5. The minimum atomic E-state index is -0.0305. The van der Waals surface area contributed by atoms with Gasteiger partial charge in [-0.3, -0.25) is 4.79 Å². The molecular weight excluding hydrogens is 422 g/mol. The number of hydrogen-bond donors (Lipinski definition) is 1. The van der Waals surface area contributed by atoms with Crippen molar-refractivity contribution < 1.29 is 9.53 Å². The van der Waals surface area contributed by atoms with E-state index >= 15 is 0 Å². The lowest BCUT2D eigenvalue weighted by Crippen LogP contribution is -2.25. The van der Waals surface area contributed by atoms with Gasteiger partial charge < -0.3 is 14.6 Å². The predicted molar refractivity (Wildman–Crippen MR) is 138 cm³/mol. The number of aromatic nitrogens is 2. The van der Waals surface area contributed by atoms with Crippen LogP contribution in [0, 0.1) is 20.8 Å². The summed E-state index contributed by atoms with van der Waals surface area (Å²) >= 11 is 0. The molecule has 0 spiro atoms. The number of hydrogen-bond acceptors (Lipinski definition) is 3. The smallest absolute Gasteiger partial charge is 0.251 e. The minimum Gasteiger partial charge on any atom is -0.493 e. The van der Waals surface area contributed by atoms with Gasteiger partial charge in [0, 0.05) is 25.1 Å². The normalized spacial score (nSPS) is 11.0. The second kappa shape index (κ2) is 11.0. The molecule has 0 aliphatic heterocycles. The molecule has 5 nitrogen and oxygen atoms in total. The average Bonchev–Trinajstić information content (AvgIpc) is 3.19. The molecule has 0 fully saturated rings. The highest BCUT2D eigenvalue weighted by molar-refractivity contribution is 5.94. The quantitative estimate of drug-likeness (QED) is 0.308. The van der Waals surface area contributed by atoms with Gasteiger partial charge in [0.05, 0.1) is 17.6 Å². The molecule has 0 saturated carbocycles. The first-order valence-corrected chi connectivity index (χ1v) is 12.0. The van der Waals surface area contributed by atoms with Crippen LogP contribution in [0.15, 0.2) is 66.7 Å². The Morgan fingerprint density at radius 3 is 2.53 bits per heavy atom. The summed E-state index contributed by atoms with van der Waals surface area (Å²) < 4.78 is 8.36. The van der Waals surface area contributed by atoms with Crippen molar-refractivity contribution in [3.05, 3.63) is 94.8 Å². The van der Waals surface area contributed by atoms with E-state index in [4.69, 9.17) is 9.72 Å². The molecule has 1 heterocycles. The molecule has 1 aromatic heterocycles. The summed E-state index contributed by atoms with van der Waals surface area (Å²) in [6.07, 6.45) is 2.53. The number of rotatable bonds is 10. The van der Waals surface area contributed by atoms with Gasteiger partial charge in [0.1, 0.15) is 11.6 Å². The first kappa shape index (κ1) is 23.6. The van der Waals surface area contributed by atoms with Crippen molar-refractivity contribution in [3.63, 3.8) is 0 Å². The monoisotopic (exact) mass is 455 g/mol. The fraction of sp³-hybridized carbons (Fsp3) is 0.310. The maximum absolute atomic E-state index is 12.4. The van der Waals surface area contributed by atoms with E-state index in [0.29, 0.717) is 18.7 Å². The Labute approximate surface area is 201 Å². The van der Waals surface area contributed by atoms with Crippen LogP contribution in [0.3, 0.4) is 0 Å². The standard InChI is InChI=1S/C29H33N3O2/c1-21-12-15-24(16-13-21)29(33)30-17-6-10-28-31-25-8-4-5-9-26(25)32(28)18-7-19-34-27-20-22(2)11-14-23(27)3/h4-5,8-9,11-16,20H,6-7,10,17-19H2,1-3H3,(H,30,33). The third kappa shape index (κ3) is 5.84. The van der Waals surface area contributed by atoms with Gasteiger partial charge in [-0.15, -0.1) is 0 Å². The molecule has 5 heteroatoms. The zero-order valence-corrected chi connectivity index (χ0v) is 20.3. The van der Waals surface area contributed by atoms with Gasteiger partial charge in [-0.05, 0) is 75.1 Å². The van der Waals surface area contributed by atoms with Crippen molar-refractivity contribution >= 4 is 16.9 Å². The number of fused-ring (bicyclic) bond motifs is 1. The maximum Gasteiger partial charge on any atom is 0.251 e. The Bertz CT molecular complexity index is 1260. The molecule has 0 unspecified atom stereocenters. The Morgan fingerprint density at radius 1 is 0.941 bits per heavy atom. The fourth-order valence-corrected chi connectivity index (χ4v) is 4.09. The summed E-state index contributed by atoms with van der Waals surface area (Å²) in [7, 11) is 0. The van der Waals surface area contributed by atoms with Crippen LogP contribution in [-0.2, 0) is 13.0 Å². The second-order valence-corrected chi connectivity index (χ2v) is 8.86. The highest BCUT2D eigenvalue weighted by Crippen LogP contribution is 2.20. The first-order valence-electron chi connectivity index (χ1n) is 12.0. The van der Waals surface area contributed by atoms with E-state index in [1.54, 1.807) is 0 Å². The highest BCUT2D eigenvalue weighted by Gasteiger charge is 2.11. The van der Waals surface area contributed by atoms with Crippen molar-refractivity contribution in [1.29, 1.82) is 0 Å². The molecule has 0 saturated heterocycles. The molecule has 4 rings (SSSR count). The van der Waals surface area contributed by atoms with E-state index in [1.165, 1.54) is 5.56 Å². The van der Waals surface area contributed by atoms with Gasteiger partial charge in [-0.25, -0.2) is 4.98 Å². The number of nitrogens with one attached hydrogen (secondary N) is 1. The Balaban J connectivity index is 1.33. The van der Waals surface area contributed by atoms with Crippen LogP contribution in [0.2, 0.25) is 0 Å². The Kier molecular flexibility index (Phi) is 7.63. The van der Waals surface area contributed by atoms with Crippen molar-refractivity contribution in [2.24, 2.45) is 0 Å². The number of amides is 1. The van der Waals surface area contributed by atoms with Crippen molar-refractivity contribution in [1.82, 2.24) is 14.9 Å². The summed E-state index contributed by atoms with van der Waals surface area (Å²) in [5.41, 5.74) is 6.37. The van der Waals surface area contributed by atoms with Crippen LogP contribution in [0.1, 0.15) is 45.7 Å². The molecule has 0 bridgehead atoms. The van der Waals surface area contributed by atoms with Crippen LogP contribution in [0.4, 0.5) is 0 Å². The Hall–Kier alpha value is -3.60. The highest BCUT2D eigenvalue weighted by atomic mass is 16.5. The second-order valence-electron chi connectivity index (χ2n) is 8.86. The molecule has 0 atom stereocenters. The van der Waals surface area contributed by atoms with Gasteiger partial charge in [0.25, 0.3) is 5.91 Å². The zero-order chi connectivity index (χ0) is 23.9. The van der Waals surface area contributed by atoms with E-state index in [0.717, 1.165) is 59.5 Å². The van der Waals surface area contributed by atoms with Crippen molar-refractivity contribution in [3.8, 4) is 5.75 Å². The van der Waals surface area contributed by atoms with Crippen LogP contribution >= 0.6 is 0 Å². The van der Waals surface area contributed by atoms with Crippen LogP contribution in [-0.4, -0.2) is 28.6 Å². The van der Waals surface area contributed by atoms with E-state index in [2.05, 4.69) is 60.1 Å². The molecule has 1 N–H and O–H groups in total. The van der Waals surface area contributed by atoms with Gasteiger partial charge in [-0.2, -0.15) is 0 Å². The number of carbonyl (C=O) groups excluding carboxylic acids is 1. The zero-order valence-electron chi connectivity index (χ0n) is 20.3. The Morgan fingerprint density at radius 2 is 1.71 bits per heavy atom. The topological polar surface area (TPSA) is 56.2 Å². The summed E-state index contributed by atoms with van der Waals surface area (Å²) in [5.74, 6) is 1.98. The minimum absolute atomic E-state index is 0.0305. The van der Waals surface area contributed by atoms with Crippen molar-refractivity contribution in [2.75, 3.05) is 13.2 Å². The third-order valence-electron chi connectivity index (χ3n) is 6.04. The van der Waals surface area contributed by atoms with Gasteiger partial charge >= 0.3 is 0 Å². The van der Waals surface area contributed by atoms with E-state index < -0.39 is 0 Å². The van der Waals surface area contributed by atoms with E-state index in [9.17, 15) is 4.79 Å². The maximum atomic E-state index is 12.4. The van der Waals surface area contributed by atoms with Crippen molar-refractivity contribution in [2.45, 2.75) is 46.6 Å². The number of benzene rings is 3. The summed E-state index contributed by atoms with van der Waals surface area (Å²) in [4.78, 5) is 17.2. The molecule has 34 heavy (non-hydrogen) atoms. The lowest BCUT2D eigenvalue weighted by molar-refractivity contribution is 0.0953. The number of ether oxygens (including phenoxy) is 1. The SMILES string of the molecule is Cc1ccc(C(=O)NCCCc2nc3ccccc3n2CCCOc2cc(C)ccc2C)cc1. The first-order chi connectivity index (χ1) is 16.5. The third-order valence-corrected chi connectivity index (χ3v) is 6.04. The fourth-order valence-electron chi connectivity index (χ4n) is 4.09. The predicted octanol–water partition coefficient (Wildman–Crippen LogP) is 5.79. The van der Waals surface area contributed by atoms with Gasteiger partial charge in [-0.1, -0.05) is 42.0 Å². The molecule has 0 radical (unpaired) electrons. The summed E-state index contributed by atoms with van der Waals surface area (Å²) in [5, 5.41) is 3.03. The number of para-hydroxylation sites is 2. The number of carbonyl (C=O) groups is 1. The van der Waals surface area contributed by atoms with Crippen LogP contribution in [0.25, 0.3) is 11.0 Å². The van der Waals surface area contributed by atoms with Gasteiger partial charge in [0.15, 0.2) is 0 Å². The molecule has 4 aromatic rings. The molecular formula is C29H33N3O2.